The molecule has 1 aromatic carbocycles. The van der Waals surface area contributed by atoms with E-state index in [9.17, 15) is 9.18 Å². The summed E-state index contributed by atoms with van der Waals surface area (Å²) in [6.07, 6.45) is 2.49. The number of fused-ring (bicyclic) bond motifs is 5. The minimum atomic E-state index is -2.32. The first kappa shape index (κ1) is 38.3. The van der Waals surface area contributed by atoms with Crippen LogP contribution in [-0.2, 0) is 20.1 Å². The Morgan fingerprint density at radius 2 is 1.96 bits per heavy atom. The summed E-state index contributed by atoms with van der Waals surface area (Å²) in [7, 11) is 46.1. The number of nitrogens with one attached hydrogen (secondary N) is 1. The van der Waals surface area contributed by atoms with Crippen molar-refractivity contribution in [2.45, 2.75) is 55.0 Å². The summed E-state index contributed by atoms with van der Waals surface area (Å²) in [6, 6.07) is 4.59. The van der Waals surface area contributed by atoms with Gasteiger partial charge in [-0.3, -0.25) is 14.5 Å². The number of carbonyl (C=O) groups excluding carboxylic acids is 1. The molecule has 238 valence electrons. The molecule has 0 aliphatic carbocycles. The van der Waals surface area contributed by atoms with Gasteiger partial charge in [-0.05, 0) is 53.2 Å². The minimum absolute atomic E-state index is 0.0112. The van der Waals surface area contributed by atoms with Gasteiger partial charge in [-0.25, -0.2) is 9.37 Å². The fourth-order valence-electron chi connectivity index (χ4n) is 5.21. The van der Waals surface area contributed by atoms with Gasteiger partial charge in [0.1, 0.15) is 18.0 Å². The van der Waals surface area contributed by atoms with Gasteiger partial charge in [0.05, 0.1) is 60.6 Å². The number of halogens is 2. The van der Waals surface area contributed by atoms with Crippen LogP contribution in [0.3, 0.4) is 0 Å². The average molecular weight is 667 g/mol. The number of pyridine rings is 1. The molecular formula is C30H30B7ClFN7O3. The Hall–Kier alpha value is -3.51. The van der Waals surface area contributed by atoms with Gasteiger partial charge in [-0.1, -0.05) is 31.9 Å². The van der Waals surface area contributed by atoms with E-state index < -0.39 is 39.6 Å². The molecule has 4 rings (SSSR count). The molecule has 2 bridgehead atoms. The number of nitrogens with zero attached hydrogens (tertiary/aromatic N) is 4. The van der Waals surface area contributed by atoms with Crippen LogP contribution in [0.2, 0.25) is 10.3 Å². The van der Waals surface area contributed by atoms with Crippen molar-refractivity contribution >= 4 is 90.2 Å². The summed E-state index contributed by atoms with van der Waals surface area (Å²) in [4.78, 5) is 21.2. The van der Waals surface area contributed by atoms with E-state index >= 15 is 0 Å². The first-order chi connectivity index (χ1) is 22.8. The maximum Gasteiger partial charge on any atom is 0.324 e. The molecule has 10 nitrogen and oxygen atoms in total. The lowest BCUT2D eigenvalue weighted by molar-refractivity contribution is -0.145. The molecule has 19 heteroatoms. The van der Waals surface area contributed by atoms with E-state index in [1.165, 1.54) is 43.7 Å². The maximum absolute atomic E-state index is 14.7. The predicted octanol–water partition coefficient (Wildman–Crippen LogP) is 1.56. The van der Waals surface area contributed by atoms with Crippen molar-refractivity contribution in [2.24, 2.45) is 22.4 Å². The van der Waals surface area contributed by atoms with E-state index in [0.29, 0.717) is 17.5 Å². The lowest BCUT2D eigenvalue weighted by Gasteiger charge is -2.43. The van der Waals surface area contributed by atoms with Crippen LogP contribution in [0.1, 0.15) is 50.0 Å². The van der Waals surface area contributed by atoms with Crippen molar-refractivity contribution in [1.29, 1.82) is 0 Å². The molecule has 2 aromatic heterocycles. The number of rotatable bonds is 9. The van der Waals surface area contributed by atoms with Gasteiger partial charge in [-0.2, -0.15) is 5.10 Å². The Morgan fingerprint density at radius 3 is 2.57 bits per heavy atom. The Bertz CT molecular complexity index is 1800. The summed E-state index contributed by atoms with van der Waals surface area (Å²) in [5.74, 6) is -1.10. The van der Waals surface area contributed by atoms with Crippen LogP contribution in [0.15, 0.2) is 41.0 Å². The van der Waals surface area contributed by atoms with Gasteiger partial charge >= 0.3 is 5.97 Å². The molecule has 3 atom stereocenters. The quantitative estimate of drug-likeness (QED) is 0.135. The van der Waals surface area contributed by atoms with Gasteiger partial charge in [-0.15, -0.1) is 5.11 Å². The number of esters is 1. The third-order valence-electron chi connectivity index (χ3n) is 8.45. The highest BCUT2D eigenvalue weighted by atomic mass is 35.5. The maximum atomic E-state index is 14.7. The molecule has 0 spiro atoms. The van der Waals surface area contributed by atoms with E-state index in [4.69, 9.17) is 87.5 Å². The van der Waals surface area contributed by atoms with Crippen molar-refractivity contribution in [3.05, 3.63) is 63.7 Å². The van der Waals surface area contributed by atoms with Crippen molar-refractivity contribution in [3.63, 3.8) is 0 Å². The van der Waals surface area contributed by atoms with Crippen LogP contribution in [0.5, 0.6) is 5.75 Å². The van der Waals surface area contributed by atoms with Crippen molar-refractivity contribution in [2.75, 3.05) is 19.1 Å². The second-order valence-corrected chi connectivity index (χ2v) is 12.4. The molecule has 0 saturated heterocycles. The third-order valence-corrected chi connectivity index (χ3v) is 8.71. The fourth-order valence-corrected chi connectivity index (χ4v) is 5.53. The monoisotopic (exact) mass is 667 g/mol. The first-order valence-corrected chi connectivity index (χ1v) is 15.5. The Balaban J connectivity index is 2.03. The van der Waals surface area contributed by atoms with Gasteiger partial charge in [0.2, 0.25) is 0 Å². The molecule has 0 saturated carbocycles. The Labute approximate surface area is 300 Å². The van der Waals surface area contributed by atoms with E-state index in [1.807, 2.05) is 13.8 Å². The highest BCUT2D eigenvalue weighted by Gasteiger charge is 2.41. The zero-order chi connectivity index (χ0) is 36.6. The molecule has 14 radical (unpaired) electrons. The number of benzene rings is 1. The van der Waals surface area contributed by atoms with Crippen LogP contribution >= 0.6 is 11.6 Å². The Kier molecular flexibility index (Phi) is 11.2. The van der Waals surface area contributed by atoms with Crippen LogP contribution in [0, 0.1) is 11.7 Å². The fraction of sp³-hybridized carbons (Fsp3) is 0.400. The number of anilines is 1. The topological polar surface area (TPSA) is 143 Å². The van der Waals surface area contributed by atoms with Crippen molar-refractivity contribution in [3.8, 4) is 17.0 Å². The Morgan fingerprint density at radius 1 is 1.29 bits per heavy atom. The zero-order valence-electron chi connectivity index (χ0n) is 27.6. The number of nitrogens with two attached hydrogens (primary N) is 2. The lowest BCUT2D eigenvalue weighted by atomic mass is 9.26. The summed E-state index contributed by atoms with van der Waals surface area (Å²) in [6.45, 7) is 5.09. The van der Waals surface area contributed by atoms with E-state index in [0.717, 1.165) is 4.68 Å². The molecule has 1 aliphatic rings. The number of aromatic nitrogens is 3. The summed E-state index contributed by atoms with van der Waals surface area (Å²) >= 11 is 6.75. The van der Waals surface area contributed by atoms with Crippen LogP contribution in [0.25, 0.3) is 17.0 Å². The van der Waals surface area contributed by atoms with Gasteiger partial charge < -0.3 is 26.3 Å². The molecule has 1 aliphatic heterocycles. The predicted molar refractivity (Wildman–Crippen MR) is 196 cm³/mol. The van der Waals surface area contributed by atoms with Gasteiger partial charge in [0, 0.05) is 47.4 Å². The largest absolute Gasteiger partial charge is 0.482 e. The van der Waals surface area contributed by atoms with Crippen LogP contribution in [-0.4, -0.2) is 102 Å². The molecule has 0 amide bonds. The summed E-state index contributed by atoms with van der Waals surface area (Å²) in [5, 5.41) is 0.270. The second-order valence-electron chi connectivity index (χ2n) is 12.0. The van der Waals surface area contributed by atoms with Gasteiger partial charge in [0.15, 0.2) is 23.5 Å². The lowest BCUT2D eigenvalue weighted by Crippen LogP contribution is -2.49. The van der Waals surface area contributed by atoms with Gasteiger partial charge in [0.25, 0.3) is 0 Å². The number of ether oxygens (including phenoxy) is 2. The van der Waals surface area contributed by atoms with E-state index in [2.05, 4.69) is 20.4 Å². The highest BCUT2D eigenvalue weighted by Crippen LogP contribution is 2.46. The second kappa shape index (κ2) is 14.4. The molecule has 3 aromatic rings. The van der Waals surface area contributed by atoms with Crippen molar-refractivity contribution < 1.29 is 18.7 Å². The summed E-state index contributed by atoms with van der Waals surface area (Å²) in [5.41, 5.74) is 13.6. The smallest absolute Gasteiger partial charge is 0.324 e. The summed E-state index contributed by atoms with van der Waals surface area (Å²) < 4.78 is 27.5. The normalized spacial score (nSPS) is 19.0. The first-order valence-electron chi connectivity index (χ1n) is 15.1. The number of hydrogen-bond donors (Lipinski definition) is 3. The van der Waals surface area contributed by atoms with E-state index in [1.54, 1.807) is 6.92 Å². The average Bonchev–Trinajstić information content (AvgIpc) is 3.40. The molecule has 0 fully saturated rings. The molecular weight excluding hydrogens is 637 g/mol. The van der Waals surface area contributed by atoms with E-state index in [-0.39, 0.29) is 57.5 Å². The van der Waals surface area contributed by atoms with Crippen molar-refractivity contribution in [1.82, 2.24) is 14.8 Å². The van der Waals surface area contributed by atoms with Crippen LogP contribution < -0.4 is 21.5 Å². The molecule has 3 heterocycles. The molecule has 2 unspecified atom stereocenters. The number of carbonyl (C=O) groups is 1. The SMILES string of the molecule is [B]C1([B])/C(C=NC)=C(/N)c2ccc(F)cc2[C@@H](C)Oc2cc(cnc2NCOC(=O)C(N)C(C)CC)-c2c1c(Cl)nn2C([B])([B])C([B])([B])[B]. The van der Waals surface area contributed by atoms with Crippen LogP contribution in [0.4, 0.5) is 10.2 Å². The third kappa shape index (κ3) is 7.36. The molecule has 5 N–H and O–H groups in total. The number of aliphatic imine (C=N–C) groups is 1. The zero-order valence-corrected chi connectivity index (χ0v) is 28.3. The number of hydrogen-bond acceptors (Lipinski definition) is 9. The standard InChI is InChI=1S/C30H30B7ClFN7O3/c1-5-13(2)22(40)27(47)48-12-44-26-20-8-15(10-43-26)24-21(25(38)45-46(24)30(36,37)29(33,34)35)28(31,32)19(11-42-4)23(41)17-7-6-16(39)9-18(17)14(3)49-20/h6-11,13-14,22H,5,12,40-41H2,1-4H3,(H,43,44)/b23-19+,42-11?/t13?,14-,22?/m1/s1. The minimum Gasteiger partial charge on any atom is -0.482 e. The molecule has 49 heavy (non-hydrogen) atoms. The highest BCUT2D eigenvalue weighted by molar-refractivity contribution is 6.66. The number of allylic oxidation sites excluding steroid dienone is 1.